The predicted octanol–water partition coefficient (Wildman–Crippen LogP) is 4.44. The molecule has 2 saturated heterocycles. The average molecular weight is 191 g/mol. The lowest BCUT2D eigenvalue weighted by atomic mass is 9.27. The van der Waals surface area contributed by atoms with Crippen molar-refractivity contribution >= 4 is 7.28 Å². The van der Waals surface area contributed by atoms with Crippen LogP contribution in [0, 0.1) is 5.92 Å². The molecule has 0 amide bonds. The van der Waals surface area contributed by atoms with Gasteiger partial charge < -0.3 is 0 Å². The van der Waals surface area contributed by atoms with Gasteiger partial charge in [0, 0.05) is 0 Å². The number of hydrogen-bond acceptors (Lipinski definition) is 0. The second-order valence-electron chi connectivity index (χ2n) is 5.83. The van der Waals surface area contributed by atoms with Gasteiger partial charge in [0.2, 0.25) is 0 Å². The van der Waals surface area contributed by atoms with E-state index in [0.29, 0.717) is 5.31 Å². The molecule has 3 fully saturated rings. The molecule has 2 unspecified atom stereocenters. The second kappa shape index (κ2) is 4.29. The maximum absolute atomic E-state index is 2.71. The van der Waals surface area contributed by atoms with Crippen molar-refractivity contribution < 1.29 is 0 Å². The minimum atomic E-state index is 0.655. The van der Waals surface area contributed by atoms with E-state index in [1.165, 1.54) is 51.4 Å². The molecule has 2 bridgehead atoms. The third-order valence-electron chi connectivity index (χ3n) is 4.58. The van der Waals surface area contributed by atoms with E-state index in [-0.39, 0.29) is 0 Å². The Kier molecular flexibility index (Phi) is 3.24. The Morgan fingerprint density at radius 1 is 1.07 bits per heavy atom. The zero-order chi connectivity index (χ0) is 10.0. The van der Waals surface area contributed by atoms with Gasteiger partial charge in [-0.05, 0) is 5.92 Å². The van der Waals surface area contributed by atoms with Crippen molar-refractivity contribution in [2.75, 3.05) is 0 Å². The fourth-order valence-electron chi connectivity index (χ4n) is 3.40. The van der Waals surface area contributed by atoms with Gasteiger partial charge in [0.1, 0.15) is 7.28 Å². The zero-order valence-electron chi connectivity index (χ0n) is 9.89. The van der Waals surface area contributed by atoms with Crippen LogP contribution in [-0.2, 0) is 0 Å². The van der Waals surface area contributed by atoms with Gasteiger partial charge in [-0.1, -0.05) is 76.3 Å². The van der Waals surface area contributed by atoms with Crippen molar-refractivity contribution in [2.45, 2.75) is 76.3 Å². The highest BCUT2D eigenvalue weighted by Gasteiger charge is 2.45. The summed E-state index contributed by atoms with van der Waals surface area (Å²) in [6.45, 7) is 4.83. The van der Waals surface area contributed by atoms with E-state index < -0.39 is 0 Å². The van der Waals surface area contributed by atoms with Crippen LogP contribution in [0.3, 0.4) is 0 Å². The molecule has 0 aromatic heterocycles. The predicted molar refractivity (Wildman–Crippen MR) is 64.0 cm³/mol. The summed E-state index contributed by atoms with van der Waals surface area (Å²) in [6, 6.07) is 0. The van der Waals surface area contributed by atoms with Crippen LogP contribution in [0.25, 0.3) is 0 Å². The van der Waals surface area contributed by atoms with Crippen LogP contribution in [0.4, 0.5) is 0 Å². The summed E-state index contributed by atoms with van der Waals surface area (Å²) < 4.78 is 0. The molecule has 0 aromatic rings. The van der Waals surface area contributed by atoms with Crippen LogP contribution in [0.15, 0.2) is 0 Å². The molecule has 0 N–H and O–H groups in total. The van der Waals surface area contributed by atoms with E-state index in [1.807, 2.05) is 0 Å². The quantitative estimate of drug-likeness (QED) is 0.537. The Labute approximate surface area is 90.1 Å². The number of rotatable bonds is 1. The van der Waals surface area contributed by atoms with Gasteiger partial charge >= 0.3 is 0 Å². The molecular formula is C13H24B. The Hall–Kier alpha value is 0.0649. The first kappa shape index (κ1) is 10.6. The molecule has 1 heteroatoms. The highest BCUT2D eigenvalue weighted by molar-refractivity contribution is 6.46. The standard InChI is InChI=1S/C13H24B/c1-11(2)13-9-7-5-3-4-6-8-12(10-13)14-13/h11-12H,3-10H2,1-2H3. The van der Waals surface area contributed by atoms with E-state index >= 15 is 0 Å². The lowest BCUT2D eigenvalue weighted by Crippen LogP contribution is -2.40. The Morgan fingerprint density at radius 2 is 1.71 bits per heavy atom. The van der Waals surface area contributed by atoms with Crippen LogP contribution < -0.4 is 0 Å². The monoisotopic (exact) mass is 191 g/mol. The molecule has 79 valence electrons. The summed E-state index contributed by atoms with van der Waals surface area (Å²) in [5, 5.41) is 0.655. The van der Waals surface area contributed by atoms with Crippen molar-refractivity contribution in [1.82, 2.24) is 0 Å². The molecule has 3 rings (SSSR count). The van der Waals surface area contributed by atoms with E-state index in [1.54, 1.807) is 0 Å². The van der Waals surface area contributed by atoms with Gasteiger partial charge in [-0.15, -0.1) is 0 Å². The maximum Gasteiger partial charge on any atom is 0.122 e. The number of hydrogen-bond donors (Lipinski definition) is 0. The molecule has 2 aliphatic heterocycles. The summed E-state index contributed by atoms with van der Waals surface area (Å²) in [5.41, 5.74) is 0. The number of fused-ring (bicyclic) bond motifs is 6. The fourth-order valence-corrected chi connectivity index (χ4v) is 3.40. The summed E-state index contributed by atoms with van der Waals surface area (Å²) in [4.78, 5) is 0. The molecule has 0 nitrogen and oxygen atoms in total. The van der Waals surface area contributed by atoms with Crippen LogP contribution in [0.5, 0.6) is 0 Å². The summed E-state index contributed by atoms with van der Waals surface area (Å²) >= 11 is 0. The van der Waals surface area contributed by atoms with E-state index in [9.17, 15) is 0 Å². The van der Waals surface area contributed by atoms with Gasteiger partial charge in [-0.25, -0.2) is 0 Å². The van der Waals surface area contributed by atoms with Gasteiger partial charge in [0.25, 0.3) is 0 Å². The van der Waals surface area contributed by atoms with E-state index in [4.69, 9.17) is 0 Å². The third-order valence-corrected chi connectivity index (χ3v) is 4.58. The third kappa shape index (κ3) is 2.02. The van der Waals surface area contributed by atoms with Crippen molar-refractivity contribution in [3.63, 3.8) is 0 Å². The molecule has 2 heterocycles. The SMILES string of the molecule is CC(C)C12[B]C(CCCCCCC1)C2. The molecule has 0 aromatic carbocycles. The average Bonchev–Trinajstić information content (AvgIpc) is 2.12. The first-order valence-corrected chi connectivity index (χ1v) is 6.59. The maximum atomic E-state index is 2.71. The van der Waals surface area contributed by atoms with Crippen molar-refractivity contribution in [1.29, 1.82) is 0 Å². The molecule has 3 aliphatic rings. The molecule has 1 aliphatic carbocycles. The van der Waals surface area contributed by atoms with Crippen molar-refractivity contribution in [2.24, 2.45) is 5.92 Å². The fraction of sp³-hybridized carbons (Fsp3) is 1.00. The largest absolute Gasteiger partial charge is 0.122 e. The molecule has 14 heavy (non-hydrogen) atoms. The minimum Gasteiger partial charge on any atom is -0.0683 e. The lowest BCUT2D eigenvalue weighted by Gasteiger charge is -2.51. The summed E-state index contributed by atoms with van der Waals surface area (Å²) in [7, 11) is 2.71. The first-order valence-electron chi connectivity index (χ1n) is 6.59. The Balaban J connectivity index is 1.93. The van der Waals surface area contributed by atoms with Crippen LogP contribution in [-0.4, -0.2) is 7.28 Å². The molecule has 1 saturated carbocycles. The normalized spacial score (nSPS) is 38.6. The summed E-state index contributed by atoms with van der Waals surface area (Å²) in [5.74, 6) is 1.86. The second-order valence-corrected chi connectivity index (χ2v) is 5.83. The van der Waals surface area contributed by atoms with Crippen molar-refractivity contribution in [3.8, 4) is 0 Å². The molecule has 1 radical (unpaired) electrons. The smallest absolute Gasteiger partial charge is 0.0683 e. The topological polar surface area (TPSA) is 0 Å². The Bertz CT molecular complexity index is 174. The summed E-state index contributed by atoms with van der Waals surface area (Å²) in [6.07, 6.45) is 11.9. The van der Waals surface area contributed by atoms with Gasteiger partial charge in [-0.2, -0.15) is 0 Å². The molecule has 0 spiro atoms. The van der Waals surface area contributed by atoms with Crippen LogP contribution in [0.1, 0.15) is 65.2 Å². The molecule has 2 atom stereocenters. The van der Waals surface area contributed by atoms with Crippen molar-refractivity contribution in [3.05, 3.63) is 0 Å². The first-order chi connectivity index (χ1) is 6.73. The Morgan fingerprint density at radius 3 is 2.43 bits per heavy atom. The van der Waals surface area contributed by atoms with Crippen LogP contribution in [0.2, 0.25) is 11.1 Å². The lowest BCUT2D eigenvalue weighted by molar-refractivity contribution is 0.277. The molecular weight excluding hydrogens is 167 g/mol. The minimum absolute atomic E-state index is 0.655. The van der Waals surface area contributed by atoms with E-state index in [2.05, 4.69) is 21.1 Å². The van der Waals surface area contributed by atoms with E-state index in [0.717, 1.165) is 11.7 Å². The highest BCUT2D eigenvalue weighted by atomic mass is 14.4. The van der Waals surface area contributed by atoms with Gasteiger partial charge in [0.15, 0.2) is 0 Å². The highest BCUT2D eigenvalue weighted by Crippen LogP contribution is 2.59. The van der Waals surface area contributed by atoms with Crippen LogP contribution >= 0.6 is 0 Å². The van der Waals surface area contributed by atoms with Gasteiger partial charge in [0.05, 0.1) is 0 Å². The zero-order valence-corrected chi connectivity index (χ0v) is 9.89. The van der Waals surface area contributed by atoms with Gasteiger partial charge in [-0.3, -0.25) is 0 Å².